The van der Waals surface area contributed by atoms with E-state index in [-0.39, 0.29) is 17.1 Å². The summed E-state index contributed by atoms with van der Waals surface area (Å²) in [7, 11) is 1.87. The van der Waals surface area contributed by atoms with Crippen LogP contribution in [0, 0.1) is 12.8 Å². The van der Waals surface area contributed by atoms with Crippen LogP contribution in [0.3, 0.4) is 0 Å². The molecule has 0 aliphatic heterocycles. The minimum absolute atomic E-state index is 0.154. The molecule has 1 rings (SSSR count). The van der Waals surface area contributed by atoms with Gasteiger partial charge in [0.2, 0.25) is 5.91 Å². The first-order valence-electron chi connectivity index (χ1n) is 5.13. The highest BCUT2D eigenvalue weighted by atomic mass is 32.2. The number of thioether (sulfide) groups is 1. The van der Waals surface area contributed by atoms with Crippen molar-refractivity contribution in [2.75, 3.05) is 0 Å². The number of nitrogens with one attached hydrogen (secondary N) is 1. The highest BCUT2D eigenvalue weighted by Gasteiger charge is 2.24. The monoisotopic (exact) mass is 242 g/mol. The van der Waals surface area contributed by atoms with Crippen molar-refractivity contribution in [2.24, 2.45) is 18.8 Å². The topological polar surface area (TPSA) is 72.9 Å². The van der Waals surface area contributed by atoms with Crippen LogP contribution in [0.4, 0.5) is 0 Å². The first kappa shape index (κ1) is 13.1. The lowest BCUT2D eigenvalue weighted by Crippen LogP contribution is -2.40. The maximum atomic E-state index is 11.6. The Morgan fingerprint density at radius 3 is 2.62 bits per heavy atom. The minimum Gasteiger partial charge on any atom is -0.293 e. The molecule has 1 aromatic heterocycles. The van der Waals surface area contributed by atoms with Gasteiger partial charge in [0.15, 0.2) is 0 Å². The zero-order chi connectivity index (χ0) is 12.3. The molecule has 1 unspecified atom stereocenters. The fraction of sp³-hybridized carbons (Fsp3) is 0.600. The van der Waals surface area contributed by atoms with Crippen molar-refractivity contribution in [1.29, 1.82) is 0 Å². The molecule has 1 atom stereocenters. The second kappa shape index (κ2) is 5.36. The van der Waals surface area contributed by atoms with Gasteiger partial charge in [0.1, 0.15) is 0 Å². The number of nitrogens with two attached hydrogens (primary N) is 1. The summed E-state index contributed by atoms with van der Waals surface area (Å²) >= 11 is 1.49. The Morgan fingerprint density at radius 1 is 1.62 bits per heavy atom. The molecule has 6 heteroatoms. The average molecular weight is 242 g/mol. The van der Waals surface area contributed by atoms with Crippen LogP contribution in [0.15, 0.2) is 11.1 Å². The quantitative estimate of drug-likeness (QED) is 0.355. The third-order valence-corrected chi connectivity index (χ3v) is 3.85. The summed E-state index contributed by atoms with van der Waals surface area (Å²) in [6.07, 6.45) is 0. The Balaban J connectivity index is 2.83. The number of nitrogens with zero attached hydrogens (tertiary/aromatic N) is 2. The Hall–Kier alpha value is -1.01. The van der Waals surface area contributed by atoms with Gasteiger partial charge in [-0.3, -0.25) is 14.9 Å². The van der Waals surface area contributed by atoms with Gasteiger partial charge in [-0.05, 0) is 18.9 Å². The predicted octanol–water partition coefficient (Wildman–Crippen LogP) is 0.835. The van der Waals surface area contributed by atoms with E-state index in [2.05, 4.69) is 10.5 Å². The van der Waals surface area contributed by atoms with Crippen LogP contribution < -0.4 is 11.3 Å². The van der Waals surface area contributed by atoms with Gasteiger partial charge in [-0.2, -0.15) is 5.10 Å². The van der Waals surface area contributed by atoms with E-state index in [0.717, 1.165) is 10.7 Å². The molecule has 1 aromatic rings. The molecule has 0 saturated heterocycles. The smallest absolute Gasteiger partial charge is 0.247 e. The van der Waals surface area contributed by atoms with Gasteiger partial charge in [-0.1, -0.05) is 25.6 Å². The molecule has 3 N–H and O–H groups in total. The third-order valence-electron chi connectivity index (χ3n) is 2.21. The fourth-order valence-corrected chi connectivity index (χ4v) is 2.54. The van der Waals surface area contributed by atoms with Crippen LogP contribution >= 0.6 is 11.8 Å². The molecule has 0 spiro atoms. The summed E-state index contributed by atoms with van der Waals surface area (Å²) in [6, 6.07) is 1.96. The molecule has 0 aliphatic carbocycles. The molecule has 0 bridgehead atoms. The normalized spacial score (nSPS) is 12.9. The number of amides is 1. The zero-order valence-corrected chi connectivity index (χ0v) is 10.8. The number of hydrogen-bond donors (Lipinski definition) is 2. The van der Waals surface area contributed by atoms with Crippen molar-refractivity contribution in [2.45, 2.75) is 31.0 Å². The molecule has 0 fully saturated rings. The number of hydrogen-bond acceptors (Lipinski definition) is 4. The van der Waals surface area contributed by atoms with Gasteiger partial charge >= 0.3 is 0 Å². The molecule has 0 aromatic carbocycles. The predicted molar refractivity (Wildman–Crippen MR) is 64.8 cm³/mol. The second-order valence-corrected chi connectivity index (χ2v) is 5.20. The summed E-state index contributed by atoms with van der Waals surface area (Å²) in [4.78, 5) is 11.6. The number of carbonyl (C=O) groups is 1. The van der Waals surface area contributed by atoms with Gasteiger partial charge in [-0.15, -0.1) is 0 Å². The van der Waals surface area contributed by atoms with E-state index in [4.69, 9.17) is 5.84 Å². The van der Waals surface area contributed by atoms with E-state index in [1.807, 2.05) is 33.9 Å². The summed E-state index contributed by atoms with van der Waals surface area (Å²) in [5.41, 5.74) is 3.15. The van der Waals surface area contributed by atoms with Crippen molar-refractivity contribution in [3.63, 3.8) is 0 Å². The van der Waals surface area contributed by atoms with E-state index in [0.29, 0.717) is 0 Å². The van der Waals surface area contributed by atoms with Gasteiger partial charge in [-0.25, -0.2) is 5.84 Å². The number of hydrazine groups is 1. The van der Waals surface area contributed by atoms with Crippen LogP contribution in [-0.2, 0) is 11.8 Å². The molecule has 5 nitrogen and oxygen atoms in total. The van der Waals surface area contributed by atoms with Crippen LogP contribution in [0.2, 0.25) is 0 Å². The van der Waals surface area contributed by atoms with Crippen molar-refractivity contribution < 1.29 is 4.79 Å². The summed E-state index contributed by atoms with van der Waals surface area (Å²) in [5.74, 6) is 5.23. The number of aryl methyl sites for hydroxylation is 2. The average Bonchev–Trinajstić information content (AvgIpc) is 2.52. The van der Waals surface area contributed by atoms with Crippen molar-refractivity contribution in [1.82, 2.24) is 15.2 Å². The minimum atomic E-state index is -0.195. The maximum absolute atomic E-state index is 11.6. The first-order chi connectivity index (χ1) is 7.45. The SMILES string of the molecule is Cc1cc(SC(C(=O)NN)C(C)C)n(C)n1. The summed E-state index contributed by atoms with van der Waals surface area (Å²) in [5, 5.41) is 5.02. The lowest BCUT2D eigenvalue weighted by molar-refractivity contribution is -0.121. The van der Waals surface area contributed by atoms with Crippen molar-refractivity contribution >= 4 is 17.7 Å². The number of aromatic nitrogens is 2. The second-order valence-electron chi connectivity index (χ2n) is 4.04. The van der Waals surface area contributed by atoms with Gasteiger partial charge in [0, 0.05) is 7.05 Å². The molecule has 16 heavy (non-hydrogen) atoms. The molecular formula is C10H18N4OS. The molecule has 90 valence electrons. The van der Waals surface area contributed by atoms with Gasteiger partial charge < -0.3 is 0 Å². The van der Waals surface area contributed by atoms with E-state index >= 15 is 0 Å². The van der Waals surface area contributed by atoms with Gasteiger partial charge in [0.05, 0.1) is 16.0 Å². The van der Waals surface area contributed by atoms with E-state index in [9.17, 15) is 4.79 Å². The molecule has 0 aliphatic rings. The number of carbonyl (C=O) groups excluding carboxylic acids is 1. The van der Waals surface area contributed by atoms with Crippen LogP contribution in [0.1, 0.15) is 19.5 Å². The van der Waals surface area contributed by atoms with E-state index in [1.54, 1.807) is 4.68 Å². The molecule has 0 radical (unpaired) electrons. The van der Waals surface area contributed by atoms with Crippen LogP contribution in [-0.4, -0.2) is 20.9 Å². The lowest BCUT2D eigenvalue weighted by Gasteiger charge is -2.18. The zero-order valence-electron chi connectivity index (χ0n) is 10.0. The molecule has 0 saturated carbocycles. The molecular weight excluding hydrogens is 224 g/mol. The number of rotatable bonds is 4. The Labute approximate surface area is 99.7 Å². The van der Waals surface area contributed by atoms with Crippen molar-refractivity contribution in [3.8, 4) is 0 Å². The van der Waals surface area contributed by atoms with Crippen LogP contribution in [0.5, 0.6) is 0 Å². The Morgan fingerprint density at radius 2 is 2.25 bits per heavy atom. The third kappa shape index (κ3) is 2.99. The lowest BCUT2D eigenvalue weighted by atomic mass is 10.1. The molecule has 1 amide bonds. The van der Waals surface area contributed by atoms with Gasteiger partial charge in [0.25, 0.3) is 0 Å². The molecule has 1 heterocycles. The standard InChI is InChI=1S/C10H18N4OS/c1-6(2)9(10(15)12-11)16-8-5-7(3)13-14(8)4/h5-6,9H,11H2,1-4H3,(H,12,15). The van der Waals surface area contributed by atoms with E-state index < -0.39 is 0 Å². The summed E-state index contributed by atoms with van der Waals surface area (Å²) in [6.45, 7) is 5.92. The van der Waals surface area contributed by atoms with Crippen LogP contribution in [0.25, 0.3) is 0 Å². The van der Waals surface area contributed by atoms with E-state index in [1.165, 1.54) is 11.8 Å². The Kier molecular flexibility index (Phi) is 4.37. The first-order valence-corrected chi connectivity index (χ1v) is 6.01. The maximum Gasteiger partial charge on any atom is 0.247 e. The largest absolute Gasteiger partial charge is 0.293 e. The summed E-state index contributed by atoms with van der Waals surface area (Å²) < 4.78 is 1.78. The highest BCUT2D eigenvalue weighted by molar-refractivity contribution is 8.00. The van der Waals surface area contributed by atoms with Crippen molar-refractivity contribution in [3.05, 3.63) is 11.8 Å². The highest BCUT2D eigenvalue weighted by Crippen LogP contribution is 2.28. The fourth-order valence-electron chi connectivity index (χ4n) is 1.40. The Bertz CT molecular complexity index is 375.